The van der Waals surface area contributed by atoms with Crippen molar-refractivity contribution in [1.29, 1.82) is 0 Å². The lowest BCUT2D eigenvalue weighted by molar-refractivity contribution is 0.395. The van der Waals surface area contributed by atoms with Crippen molar-refractivity contribution >= 4 is 23.0 Å². The first-order chi connectivity index (χ1) is 11.9. The van der Waals surface area contributed by atoms with E-state index in [9.17, 15) is 0 Å². The number of benzene rings is 2. The number of methoxy groups -OCH3 is 2. The summed E-state index contributed by atoms with van der Waals surface area (Å²) in [6.07, 6.45) is 0. The summed E-state index contributed by atoms with van der Waals surface area (Å²) in [5.74, 6) is 1.94. The molecular weight excluding hydrogens is 332 g/mol. The maximum atomic E-state index is 5.44. The molecule has 0 amide bonds. The molecule has 1 atom stereocenters. The van der Waals surface area contributed by atoms with Crippen molar-refractivity contribution in [3.05, 3.63) is 53.6 Å². The Balaban J connectivity index is 2.02. The molecule has 1 unspecified atom stereocenters. The van der Waals surface area contributed by atoms with Crippen LogP contribution in [-0.4, -0.2) is 19.3 Å². The molecule has 5 heteroatoms. The van der Waals surface area contributed by atoms with Gasteiger partial charge in [-0.1, -0.05) is 38.1 Å². The van der Waals surface area contributed by atoms with Gasteiger partial charge in [0.2, 0.25) is 0 Å². The molecule has 2 N–H and O–H groups in total. The molecule has 134 valence electrons. The second-order valence-corrected chi connectivity index (χ2v) is 6.62. The monoisotopic (exact) mass is 358 g/mol. The molecule has 0 fully saturated rings. The molecule has 0 bridgehead atoms. The van der Waals surface area contributed by atoms with Crippen LogP contribution in [0.15, 0.2) is 42.5 Å². The zero-order valence-electron chi connectivity index (χ0n) is 15.4. The van der Waals surface area contributed by atoms with Crippen LogP contribution < -0.4 is 20.1 Å². The number of rotatable bonds is 6. The number of ether oxygens (including phenoxy) is 2. The Morgan fingerprint density at radius 3 is 2.12 bits per heavy atom. The molecule has 2 aromatic rings. The van der Waals surface area contributed by atoms with Crippen molar-refractivity contribution in [2.45, 2.75) is 32.7 Å². The molecule has 0 aliphatic rings. The van der Waals surface area contributed by atoms with Gasteiger partial charge in [-0.15, -0.1) is 0 Å². The summed E-state index contributed by atoms with van der Waals surface area (Å²) >= 11 is 5.44. The summed E-state index contributed by atoms with van der Waals surface area (Å²) < 4.78 is 10.6. The van der Waals surface area contributed by atoms with Gasteiger partial charge in [0.05, 0.1) is 25.9 Å². The van der Waals surface area contributed by atoms with Crippen molar-refractivity contribution in [3.8, 4) is 11.5 Å². The highest BCUT2D eigenvalue weighted by molar-refractivity contribution is 7.80. The van der Waals surface area contributed by atoms with Crippen molar-refractivity contribution in [3.63, 3.8) is 0 Å². The van der Waals surface area contributed by atoms with E-state index in [-0.39, 0.29) is 6.04 Å². The topological polar surface area (TPSA) is 42.5 Å². The molecule has 0 radical (unpaired) electrons. The molecule has 0 aromatic heterocycles. The van der Waals surface area contributed by atoms with Gasteiger partial charge in [0.15, 0.2) is 5.11 Å². The fourth-order valence-corrected chi connectivity index (χ4v) is 2.80. The molecule has 0 aliphatic heterocycles. The Morgan fingerprint density at radius 1 is 0.920 bits per heavy atom. The van der Waals surface area contributed by atoms with Crippen LogP contribution >= 0.6 is 12.2 Å². The summed E-state index contributed by atoms with van der Waals surface area (Å²) in [6, 6.07) is 14.3. The van der Waals surface area contributed by atoms with Crippen LogP contribution in [0.25, 0.3) is 0 Å². The predicted octanol–water partition coefficient (Wildman–Crippen LogP) is 4.87. The van der Waals surface area contributed by atoms with E-state index in [1.807, 2.05) is 18.2 Å². The van der Waals surface area contributed by atoms with Gasteiger partial charge in [0.1, 0.15) is 11.5 Å². The predicted molar refractivity (Wildman–Crippen MR) is 108 cm³/mol. The minimum Gasteiger partial charge on any atom is -0.497 e. The van der Waals surface area contributed by atoms with E-state index in [1.54, 1.807) is 14.2 Å². The largest absolute Gasteiger partial charge is 0.497 e. The van der Waals surface area contributed by atoms with E-state index in [2.05, 4.69) is 55.7 Å². The van der Waals surface area contributed by atoms with Crippen molar-refractivity contribution in [1.82, 2.24) is 5.32 Å². The summed E-state index contributed by atoms with van der Waals surface area (Å²) in [5.41, 5.74) is 3.32. The van der Waals surface area contributed by atoms with E-state index in [4.69, 9.17) is 21.7 Å². The Kier molecular flexibility index (Phi) is 6.65. The van der Waals surface area contributed by atoms with Gasteiger partial charge in [-0.2, -0.15) is 0 Å². The maximum absolute atomic E-state index is 5.44. The fourth-order valence-electron chi connectivity index (χ4n) is 2.51. The Bertz CT molecular complexity index is 714. The van der Waals surface area contributed by atoms with E-state index in [0.717, 1.165) is 11.4 Å². The second kappa shape index (κ2) is 8.72. The quantitative estimate of drug-likeness (QED) is 0.721. The highest BCUT2D eigenvalue weighted by atomic mass is 32.1. The lowest BCUT2D eigenvalue weighted by atomic mass is 10.00. The zero-order valence-corrected chi connectivity index (χ0v) is 16.2. The van der Waals surface area contributed by atoms with Crippen LogP contribution in [0.4, 0.5) is 5.69 Å². The molecule has 25 heavy (non-hydrogen) atoms. The number of thiocarbonyl (C=S) groups is 1. The van der Waals surface area contributed by atoms with Crippen LogP contribution in [-0.2, 0) is 0 Å². The van der Waals surface area contributed by atoms with Gasteiger partial charge < -0.3 is 20.1 Å². The summed E-state index contributed by atoms with van der Waals surface area (Å²) in [6.45, 7) is 6.47. The molecule has 2 aromatic carbocycles. The van der Waals surface area contributed by atoms with Crippen LogP contribution in [0.2, 0.25) is 0 Å². The average Bonchev–Trinajstić information content (AvgIpc) is 2.61. The number of nitrogens with one attached hydrogen (secondary N) is 2. The van der Waals surface area contributed by atoms with Crippen LogP contribution in [0.1, 0.15) is 43.9 Å². The molecule has 0 aliphatic carbocycles. The minimum absolute atomic E-state index is 0.102. The summed E-state index contributed by atoms with van der Waals surface area (Å²) in [4.78, 5) is 0. The van der Waals surface area contributed by atoms with Gasteiger partial charge in [-0.3, -0.25) is 0 Å². The van der Waals surface area contributed by atoms with Crippen molar-refractivity contribution < 1.29 is 9.47 Å². The Morgan fingerprint density at radius 2 is 1.56 bits per heavy atom. The zero-order chi connectivity index (χ0) is 18.4. The summed E-state index contributed by atoms with van der Waals surface area (Å²) in [5, 5.41) is 7.03. The first kappa shape index (κ1) is 19.1. The lowest BCUT2D eigenvalue weighted by Crippen LogP contribution is -2.31. The van der Waals surface area contributed by atoms with E-state index in [1.165, 1.54) is 11.1 Å². The maximum Gasteiger partial charge on any atom is 0.171 e. The van der Waals surface area contributed by atoms with Crippen molar-refractivity contribution in [2.24, 2.45) is 0 Å². The van der Waals surface area contributed by atoms with E-state index < -0.39 is 0 Å². The smallest absolute Gasteiger partial charge is 0.171 e. The third-order valence-corrected chi connectivity index (χ3v) is 4.33. The Labute approximate surface area is 155 Å². The third-order valence-electron chi connectivity index (χ3n) is 4.11. The number of hydrogen-bond acceptors (Lipinski definition) is 3. The first-order valence-corrected chi connectivity index (χ1v) is 8.74. The van der Waals surface area contributed by atoms with Crippen LogP contribution in [0.3, 0.4) is 0 Å². The standard InChI is InChI=1S/C20H26N2O2S/c1-13(2)15-6-8-16(9-7-15)14(3)21-20(25)22-18-11-10-17(23-4)12-19(18)24-5/h6-14H,1-5H3,(H2,21,22,25). The molecule has 0 saturated carbocycles. The highest BCUT2D eigenvalue weighted by Gasteiger charge is 2.10. The molecule has 2 rings (SSSR count). The first-order valence-electron chi connectivity index (χ1n) is 8.34. The van der Waals surface area contributed by atoms with Gasteiger partial charge in [-0.25, -0.2) is 0 Å². The van der Waals surface area contributed by atoms with Crippen LogP contribution in [0.5, 0.6) is 11.5 Å². The normalized spacial score (nSPS) is 11.8. The SMILES string of the molecule is COc1ccc(NC(=S)NC(C)c2ccc(C(C)C)cc2)c(OC)c1. The molecule has 0 saturated heterocycles. The fraction of sp³-hybridized carbons (Fsp3) is 0.350. The van der Waals surface area contributed by atoms with Crippen LogP contribution in [0, 0.1) is 0 Å². The molecule has 4 nitrogen and oxygen atoms in total. The van der Waals surface area contributed by atoms with Gasteiger partial charge in [0, 0.05) is 6.07 Å². The number of hydrogen-bond donors (Lipinski definition) is 2. The summed E-state index contributed by atoms with van der Waals surface area (Å²) in [7, 11) is 3.25. The van der Waals surface area contributed by atoms with Crippen molar-refractivity contribution in [2.75, 3.05) is 19.5 Å². The van der Waals surface area contributed by atoms with E-state index >= 15 is 0 Å². The third kappa shape index (κ3) is 5.10. The Hall–Kier alpha value is -2.27. The minimum atomic E-state index is 0.102. The second-order valence-electron chi connectivity index (χ2n) is 6.21. The van der Waals surface area contributed by atoms with Gasteiger partial charge in [-0.05, 0) is 48.3 Å². The number of anilines is 1. The highest BCUT2D eigenvalue weighted by Crippen LogP contribution is 2.29. The lowest BCUT2D eigenvalue weighted by Gasteiger charge is -2.19. The average molecular weight is 359 g/mol. The molecular formula is C20H26N2O2S. The van der Waals surface area contributed by atoms with Gasteiger partial charge >= 0.3 is 0 Å². The van der Waals surface area contributed by atoms with Gasteiger partial charge in [0.25, 0.3) is 0 Å². The molecule has 0 spiro atoms. The van der Waals surface area contributed by atoms with E-state index in [0.29, 0.717) is 16.8 Å². The molecule has 0 heterocycles.